The zero-order chi connectivity index (χ0) is 9.35. The van der Waals surface area contributed by atoms with Gasteiger partial charge in [-0.05, 0) is 27.7 Å². The molecule has 1 heterocycles. The van der Waals surface area contributed by atoms with E-state index in [4.69, 9.17) is 10.2 Å². The molecule has 0 radical (unpaired) electrons. The number of nitrogens with zero attached hydrogens (tertiary/aromatic N) is 1. The highest BCUT2D eigenvalue weighted by Gasteiger charge is 2.16. The molecule has 0 atom stereocenters. The van der Waals surface area contributed by atoms with Crippen LogP contribution in [0.4, 0.5) is 0 Å². The lowest BCUT2D eigenvalue weighted by molar-refractivity contribution is 0.407. The Hall–Kier alpha value is -0.830. The highest BCUT2D eigenvalue weighted by Crippen LogP contribution is 2.13. The molecular formula is C9H16N2O. The van der Waals surface area contributed by atoms with Crippen molar-refractivity contribution >= 4 is 0 Å². The third-order valence-corrected chi connectivity index (χ3v) is 1.68. The molecule has 1 aromatic heterocycles. The van der Waals surface area contributed by atoms with E-state index < -0.39 is 0 Å². The van der Waals surface area contributed by atoms with Gasteiger partial charge in [-0.1, -0.05) is 0 Å². The largest absolute Gasteiger partial charge is 0.446 e. The summed E-state index contributed by atoms with van der Waals surface area (Å²) in [5, 5.41) is 0. The molecule has 0 aliphatic heterocycles. The Morgan fingerprint density at radius 3 is 2.33 bits per heavy atom. The van der Waals surface area contributed by atoms with E-state index >= 15 is 0 Å². The summed E-state index contributed by atoms with van der Waals surface area (Å²) in [6, 6.07) is 0. The first-order chi connectivity index (χ1) is 5.38. The fourth-order valence-corrected chi connectivity index (χ4v) is 1.00. The van der Waals surface area contributed by atoms with E-state index in [9.17, 15) is 0 Å². The molecule has 0 aliphatic carbocycles. The second-order valence-corrected chi connectivity index (χ2v) is 3.91. The Labute approximate surface area is 73.0 Å². The van der Waals surface area contributed by atoms with Gasteiger partial charge in [0.15, 0.2) is 5.89 Å². The van der Waals surface area contributed by atoms with Gasteiger partial charge in [-0.2, -0.15) is 0 Å². The lowest BCUT2D eigenvalue weighted by atomic mass is 10.0. The molecule has 0 unspecified atom stereocenters. The first kappa shape index (κ1) is 9.26. The Kier molecular flexibility index (Phi) is 2.24. The summed E-state index contributed by atoms with van der Waals surface area (Å²) in [7, 11) is 0. The number of aromatic nitrogens is 1. The van der Waals surface area contributed by atoms with Gasteiger partial charge in [-0.15, -0.1) is 0 Å². The van der Waals surface area contributed by atoms with Crippen LogP contribution in [-0.2, 0) is 6.42 Å². The van der Waals surface area contributed by atoms with Crippen LogP contribution in [-0.4, -0.2) is 10.5 Å². The van der Waals surface area contributed by atoms with Gasteiger partial charge in [-0.25, -0.2) is 4.98 Å². The molecule has 0 fully saturated rings. The predicted octanol–water partition coefficient (Wildman–Crippen LogP) is 1.57. The van der Waals surface area contributed by atoms with E-state index in [1.165, 1.54) is 0 Å². The monoisotopic (exact) mass is 168 g/mol. The number of rotatable bonds is 2. The quantitative estimate of drug-likeness (QED) is 0.729. The summed E-state index contributed by atoms with van der Waals surface area (Å²) in [5.41, 5.74) is 6.53. The van der Waals surface area contributed by atoms with Gasteiger partial charge in [-0.3, -0.25) is 0 Å². The highest BCUT2D eigenvalue weighted by molar-refractivity contribution is 5.06. The van der Waals surface area contributed by atoms with Gasteiger partial charge in [0.1, 0.15) is 5.76 Å². The average molecular weight is 168 g/mol. The van der Waals surface area contributed by atoms with Crippen LogP contribution in [0.2, 0.25) is 0 Å². The van der Waals surface area contributed by atoms with Gasteiger partial charge in [0.05, 0.1) is 5.69 Å². The van der Waals surface area contributed by atoms with Gasteiger partial charge >= 0.3 is 0 Å². The summed E-state index contributed by atoms with van der Waals surface area (Å²) in [6.07, 6.45) is 0.682. The molecule has 0 amide bonds. The van der Waals surface area contributed by atoms with Crippen molar-refractivity contribution in [3.63, 3.8) is 0 Å². The SMILES string of the molecule is Cc1nc(CC(C)(C)N)oc1C. The molecule has 12 heavy (non-hydrogen) atoms. The minimum atomic E-state index is -0.246. The Morgan fingerprint density at radius 1 is 1.42 bits per heavy atom. The molecule has 2 N–H and O–H groups in total. The van der Waals surface area contributed by atoms with Crippen LogP contribution in [0.3, 0.4) is 0 Å². The van der Waals surface area contributed by atoms with Crippen molar-refractivity contribution in [2.24, 2.45) is 5.73 Å². The molecule has 0 saturated carbocycles. The van der Waals surface area contributed by atoms with Crippen LogP contribution >= 0.6 is 0 Å². The zero-order valence-corrected chi connectivity index (χ0v) is 8.14. The number of hydrogen-bond donors (Lipinski definition) is 1. The van der Waals surface area contributed by atoms with Crippen molar-refractivity contribution < 1.29 is 4.42 Å². The fourth-order valence-electron chi connectivity index (χ4n) is 1.00. The Morgan fingerprint density at radius 2 is 2.00 bits per heavy atom. The normalized spacial score (nSPS) is 12.1. The number of hydrogen-bond acceptors (Lipinski definition) is 3. The maximum absolute atomic E-state index is 5.83. The first-order valence-corrected chi connectivity index (χ1v) is 4.10. The second-order valence-electron chi connectivity index (χ2n) is 3.91. The van der Waals surface area contributed by atoms with E-state index in [-0.39, 0.29) is 5.54 Å². The zero-order valence-electron chi connectivity index (χ0n) is 8.14. The van der Waals surface area contributed by atoms with Gasteiger partial charge < -0.3 is 10.2 Å². The standard InChI is InChI=1S/C9H16N2O/c1-6-7(2)12-8(11-6)5-9(3,4)10/h5,10H2,1-4H3. The van der Waals surface area contributed by atoms with E-state index in [0.717, 1.165) is 17.3 Å². The molecule has 1 aromatic rings. The molecule has 3 nitrogen and oxygen atoms in total. The maximum Gasteiger partial charge on any atom is 0.196 e. The smallest absolute Gasteiger partial charge is 0.196 e. The highest BCUT2D eigenvalue weighted by atomic mass is 16.4. The summed E-state index contributed by atoms with van der Waals surface area (Å²) in [5.74, 6) is 1.62. The molecule has 68 valence electrons. The van der Waals surface area contributed by atoms with Crippen molar-refractivity contribution in [3.8, 4) is 0 Å². The summed E-state index contributed by atoms with van der Waals surface area (Å²) < 4.78 is 5.40. The number of oxazole rings is 1. The van der Waals surface area contributed by atoms with Gasteiger partial charge in [0, 0.05) is 12.0 Å². The van der Waals surface area contributed by atoms with Crippen molar-refractivity contribution in [1.82, 2.24) is 4.98 Å². The van der Waals surface area contributed by atoms with Crippen molar-refractivity contribution in [2.75, 3.05) is 0 Å². The molecule has 3 heteroatoms. The van der Waals surface area contributed by atoms with Crippen LogP contribution in [0.15, 0.2) is 4.42 Å². The molecule has 0 saturated heterocycles. The molecule has 0 aliphatic rings. The van der Waals surface area contributed by atoms with Gasteiger partial charge in [0.25, 0.3) is 0 Å². The molecular weight excluding hydrogens is 152 g/mol. The molecule has 1 rings (SSSR count). The Balaban J connectivity index is 2.77. The number of aryl methyl sites for hydroxylation is 2. The van der Waals surface area contributed by atoms with E-state index in [1.54, 1.807) is 0 Å². The van der Waals surface area contributed by atoms with E-state index in [0.29, 0.717) is 6.42 Å². The van der Waals surface area contributed by atoms with Crippen molar-refractivity contribution in [3.05, 3.63) is 17.3 Å². The molecule has 0 spiro atoms. The van der Waals surface area contributed by atoms with Gasteiger partial charge in [0.2, 0.25) is 0 Å². The Bertz CT molecular complexity index is 251. The van der Waals surface area contributed by atoms with E-state index in [1.807, 2.05) is 27.7 Å². The van der Waals surface area contributed by atoms with Crippen LogP contribution in [0.5, 0.6) is 0 Å². The lowest BCUT2D eigenvalue weighted by Crippen LogP contribution is -2.34. The minimum absolute atomic E-state index is 0.246. The topological polar surface area (TPSA) is 52.0 Å². The van der Waals surface area contributed by atoms with Crippen LogP contribution < -0.4 is 5.73 Å². The molecule has 0 aromatic carbocycles. The van der Waals surface area contributed by atoms with Crippen LogP contribution in [0.25, 0.3) is 0 Å². The lowest BCUT2D eigenvalue weighted by Gasteiger charge is -2.14. The second kappa shape index (κ2) is 2.90. The summed E-state index contributed by atoms with van der Waals surface area (Å²) >= 11 is 0. The maximum atomic E-state index is 5.83. The third-order valence-electron chi connectivity index (χ3n) is 1.68. The fraction of sp³-hybridized carbons (Fsp3) is 0.667. The third kappa shape index (κ3) is 2.34. The summed E-state index contributed by atoms with van der Waals surface area (Å²) in [6.45, 7) is 7.77. The van der Waals surface area contributed by atoms with Crippen molar-refractivity contribution in [1.29, 1.82) is 0 Å². The van der Waals surface area contributed by atoms with Crippen molar-refractivity contribution in [2.45, 2.75) is 39.7 Å². The predicted molar refractivity (Wildman–Crippen MR) is 47.9 cm³/mol. The number of nitrogens with two attached hydrogens (primary N) is 1. The van der Waals surface area contributed by atoms with Crippen LogP contribution in [0, 0.1) is 13.8 Å². The first-order valence-electron chi connectivity index (χ1n) is 4.10. The average Bonchev–Trinajstić information content (AvgIpc) is 2.07. The minimum Gasteiger partial charge on any atom is -0.446 e. The molecule has 0 bridgehead atoms. The van der Waals surface area contributed by atoms with Crippen LogP contribution in [0.1, 0.15) is 31.2 Å². The summed E-state index contributed by atoms with van der Waals surface area (Å²) in [4.78, 5) is 4.25. The van der Waals surface area contributed by atoms with E-state index in [2.05, 4.69) is 4.98 Å².